The number of carbonyl (C=O) groups is 1. The van der Waals surface area contributed by atoms with Crippen LogP contribution in [0.5, 0.6) is 11.5 Å². The highest BCUT2D eigenvalue weighted by Gasteiger charge is 2.22. The Morgan fingerprint density at radius 1 is 1.59 bits per heavy atom. The molecule has 0 saturated carbocycles. The van der Waals surface area contributed by atoms with E-state index in [0.717, 1.165) is 17.2 Å². The van der Waals surface area contributed by atoms with Crippen molar-refractivity contribution in [3.05, 3.63) is 18.2 Å². The fourth-order valence-electron chi connectivity index (χ4n) is 1.69. The summed E-state index contributed by atoms with van der Waals surface area (Å²) in [5.41, 5.74) is 0.804. The van der Waals surface area contributed by atoms with Gasteiger partial charge in [-0.1, -0.05) is 6.07 Å². The monoisotopic (exact) mass is 237 g/mol. The standard InChI is InChI=1S/C12H15NO4/c1-8(14)16-6-9-7-17-11-5-3-4-10(15-2)12(11)13-9/h3-5,9,13H,6-7H2,1-2H3. The van der Waals surface area contributed by atoms with Gasteiger partial charge in [0.1, 0.15) is 30.4 Å². The normalized spacial score (nSPS) is 17.4. The molecule has 1 heterocycles. The fraction of sp³-hybridized carbons (Fsp3) is 0.417. The second kappa shape index (κ2) is 4.95. The molecular weight excluding hydrogens is 222 g/mol. The third-order valence-electron chi connectivity index (χ3n) is 2.48. The summed E-state index contributed by atoms with van der Waals surface area (Å²) in [6.45, 7) is 2.14. The number of anilines is 1. The first-order chi connectivity index (χ1) is 8.20. The van der Waals surface area contributed by atoms with Crippen LogP contribution >= 0.6 is 0 Å². The van der Waals surface area contributed by atoms with Crippen LogP contribution in [0, 0.1) is 0 Å². The van der Waals surface area contributed by atoms with Gasteiger partial charge in [0.25, 0.3) is 0 Å². The van der Waals surface area contributed by atoms with Crippen molar-refractivity contribution in [3.63, 3.8) is 0 Å². The minimum absolute atomic E-state index is 0.0531. The van der Waals surface area contributed by atoms with E-state index in [1.165, 1.54) is 6.92 Å². The molecule has 0 aliphatic carbocycles. The van der Waals surface area contributed by atoms with Crippen LogP contribution in [-0.4, -0.2) is 32.3 Å². The first-order valence-electron chi connectivity index (χ1n) is 5.40. The number of esters is 1. The largest absolute Gasteiger partial charge is 0.494 e. The molecule has 17 heavy (non-hydrogen) atoms. The molecule has 1 unspecified atom stereocenters. The summed E-state index contributed by atoms with van der Waals surface area (Å²) in [5, 5.41) is 3.24. The molecule has 92 valence electrons. The van der Waals surface area contributed by atoms with Crippen LogP contribution < -0.4 is 14.8 Å². The highest BCUT2D eigenvalue weighted by atomic mass is 16.5. The third kappa shape index (κ3) is 2.61. The SMILES string of the molecule is COc1cccc2c1NC(COC(C)=O)CO2. The third-order valence-corrected chi connectivity index (χ3v) is 2.48. The lowest BCUT2D eigenvalue weighted by atomic mass is 10.2. The zero-order valence-corrected chi connectivity index (χ0v) is 9.86. The van der Waals surface area contributed by atoms with E-state index in [-0.39, 0.29) is 18.6 Å². The molecule has 0 amide bonds. The zero-order chi connectivity index (χ0) is 12.3. The van der Waals surface area contributed by atoms with Crippen molar-refractivity contribution in [1.82, 2.24) is 0 Å². The quantitative estimate of drug-likeness (QED) is 0.806. The Morgan fingerprint density at radius 2 is 2.41 bits per heavy atom. The minimum atomic E-state index is -0.294. The van der Waals surface area contributed by atoms with Crippen molar-refractivity contribution in [2.24, 2.45) is 0 Å². The molecular formula is C12H15NO4. The first kappa shape index (κ1) is 11.6. The van der Waals surface area contributed by atoms with Crippen LogP contribution in [0.3, 0.4) is 0 Å². The van der Waals surface area contributed by atoms with Gasteiger partial charge in [-0.25, -0.2) is 0 Å². The number of para-hydroxylation sites is 1. The van der Waals surface area contributed by atoms with E-state index in [9.17, 15) is 4.79 Å². The predicted molar refractivity (Wildman–Crippen MR) is 62.5 cm³/mol. The number of rotatable bonds is 3. The molecule has 1 aliphatic rings. The summed E-state index contributed by atoms with van der Waals surface area (Å²) < 4.78 is 15.8. The van der Waals surface area contributed by atoms with Gasteiger partial charge in [-0.2, -0.15) is 0 Å². The van der Waals surface area contributed by atoms with Crippen molar-refractivity contribution >= 4 is 11.7 Å². The van der Waals surface area contributed by atoms with Crippen LogP contribution in [0.15, 0.2) is 18.2 Å². The number of nitrogens with one attached hydrogen (secondary N) is 1. The molecule has 1 N–H and O–H groups in total. The van der Waals surface area contributed by atoms with E-state index in [1.54, 1.807) is 7.11 Å². The minimum Gasteiger partial charge on any atom is -0.494 e. The average Bonchev–Trinajstić information content (AvgIpc) is 2.35. The number of hydrogen-bond acceptors (Lipinski definition) is 5. The van der Waals surface area contributed by atoms with Crippen molar-refractivity contribution in [1.29, 1.82) is 0 Å². The fourth-order valence-corrected chi connectivity index (χ4v) is 1.69. The maximum Gasteiger partial charge on any atom is 0.302 e. The number of carbonyl (C=O) groups excluding carboxylic acids is 1. The van der Waals surface area contributed by atoms with E-state index in [0.29, 0.717) is 6.61 Å². The molecule has 0 radical (unpaired) electrons. The summed E-state index contributed by atoms with van der Waals surface area (Å²) >= 11 is 0. The molecule has 0 aromatic heterocycles. The lowest BCUT2D eigenvalue weighted by Crippen LogP contribution is -2.36. The molecule has 1 aromatic rings. The number of hydrogen-bond donors (Lipinski definition) is 1. The smallest absolute Gasteiger partial charge is 0.302 e. The van der Waals surface area contributed by atoms with Gasteiger partial charge in [-0.3, -0.25) is 4.79 Å². The number of methoxy groups -OCH3 is 1. The first-order valence-corrected chi connectivity index (χ1v) is 5.40. The van der Waals surface area contributed by atoms with Crippen LogP contribution in [-0.2, 0) is 9.53 Å². The van der Waals surface area contributed by atoms with Gasteiger partial charge >= 0.3 is 5.97 Å². The Balaban J connectivity index is 2.09. The number of benzene rings is 1. The van der Waals surface area contributed by atoms with Gasteiger partial charge in [0.2, 0.25) is 0 Å². The van der Waals surface area contributed by atoms with Gasteiger partial charge in [0.15, 0.2) is 0 Å². The lowest BCUT2D eigenvalue weighted by Gasteiger charge is -2.28. The molecule has 0 saturated heterocycles. The van der Waals surface area contributed by atoms with Gasteiger partial charge in [-0.15, -0.1) is 0 Å². The van der Waals surface area contributed by atoms with Crippen LogP contribution in [0.25, 0.3) is 0 Å². The maximum absolute atomic E-state index is 10.7. The zero-order valence-electron chi connectivity index (χ0n) is 9.86. The molecule has 5 nitrogen and oxygen atoms in total. The van der Waals surface area contributed by atoms with Gasteiger partial charge < -0.3 is 19.5 Å². The molecule has 0 bridgehead atoms. The molecule has 0 spiro atoms. The summed E-state index contributed by atoms with van der Waals surface area (Å²) in [6, 6.07) is 5.53. The van der Waals surface area contributed by atoms with Gasteiger partial charge in [-0.05, 0) is 12.1 Å². The lowest BCUT2D eigenvalue weighted by molar-refractivity contribution is -0.141. The van der Waals surface area contributed by atoms with E-state index in [1.807, 2.05) is 18.2 Å². The maximum atomic E-state index is 10.7. The Bertz CT molecular complexity index is 405. The summed E-state index contributed by atoms with van der Waals surface area (Å²) in [5.74, 6) is 1.18. The molecule has 1 aromatic carbocycles. The second-order valence-electron chi connectivity index (χ2n) is 3.79. The molecule has 1 aliphatic heterocycles. The van der Waals surface area contributed by atoms with Gasteiger partial charge in [0, 0.05) is 6.92 Å². The van der Waals surface area contributed by atoms with Crippen LogP contribution in [0.2, 0.25) is 0 Å². The highest BCUT2D eigenvalue weighted by molar-refractivity contribution is 5.68. The average molecular weight is 237 g/mol. The second-order valence-corrected chi connectivity index (χ2v) is 3.79. The van der Waals surface area contributed by atoms with Crippen LogP contribution in [0.4, 0.5) is 5.69 Å². The summed E-state index contributed by atoms with van der Waals surface area (Å²) in [6.07, 6.45) is 0. The van der Waals surface area contributed by atoms with E-state index < -0.39 is 0 Å². The van der Waals surface area contributed by atoms with Gasteiger partial charge in [0.05, 0.1) is 13.2 Å². The van der Waals surface area contributed by atoms with E-state index in [4.69, 9.17) is 14.2 Å². The van der Waals surface area contributed by atoms with Crippen molar-refractivity contribution < 1.29 is 19.0 Å². The van der Waals surface area contributed by atoms with Crippen molar-refractivity contribution in [2.75, 3.05) is 25.6 Å². The molecule has 5 heteroatoms. The predicted octanol–water partition coefficient (Wildman–Crippen LogP) is 1.43. The molecule has 2 rings (SSSR count). The molecule has 0 fully saturated rings. The highest BCUT2D eigenvalue weighted by Crippen LogP contribution is 2.37. The van der Waals surface area contributed by atoms with Crippen molar-refractivity contribution in [2.45, 2.75) is 13.0 Å². The number of fused-ring (bicyclic) bond motifs is 1. The summed E-state index contributed by atoms with van der Waals surface area (Å²) in [4.78, 5) is 10.7. The van der Waals surface area contributed by atoms with Crippen molar-refractivity contribution in [3.8, 4) is 11.5 Å². The Morgan fingerprint density at radius 3 is 3.12 bits per heavy atom. The Kier molecular flexibility index (Phi) is 3.37. The Labute approximate surface area is 99.7 Å². The van der Waals surface area contributed by atoms with E-state index >= 15 is 0 Å². The number of ether oxygens (including phenoxy) is 3. The molecule has 1 atom stereocenters. The van der Waals surface area contributed by atoms with Crippen LogP contribution in [0.1, 0.15) is 6.92 Å². The van der Waals surface area contributed by atoms with E-state index in [2.05, 4.69) is 5.32 Å². The summed E-state index contributed by atoms with van der Waals surface area (Å²) in [7, 11) is 1.60. The topological polar surface area (TPSA) is 56.8 Å². The Hall–Kier alpha value is -1.91.